The molecule has 0 radical (unpaired) electrons. The predicted molar refractivity (Wildman–Crippen MR) is 63.1 cm³/mol. The lowest BCUT2D eigenvalue weighted by Gasteiger charge is -2.21. The summed E-state index contributed by atoms with van der Waals surface area (Å²) in [5.74, 6) is 3.19. The Morgan fingerprint density at radius 1 is 1.40 bits per heavy atom. The molecule has 78 valence electrons. The quantitative estimate of drug-likeness (QED) is 0.723. The topological polar surface area (TPSA) is 39.9 Å². The first-order valence-corrected chi connectivity index (χ1v) is 6.25. The van der Waals surface area contributed by atoms with Crippen molar-refractivity contribution in [2.75, 3.05) is 29.5 Å². The maximum absolute atomic E-state index is 9.00. The number of hydrogen-bond acceptors (Lipinski definition) is 4. The molecule has 1 fully saturated rings. The van der Waals surface area contributed by atoms with Crippen LogP contribution in [0.3, 0.4) is 0 Å². The molecule has 0 aromatic carbocycles. The smallest absolute Gasteiger partial charge is 0.146 e. The highest BCUT2D eigenvalue weighted by Gasteiger charge is 2.14. The van der Waals surface area contributed by atoms with E-state index in [1.165, 1.54) is 12.2 Å². The van der Waals surface area contributed by atoms with E-state index in [9.17, 15) is 0 Å². The van der Waals surface area contributed by atoms with E-state index in [1.807, 2.05) is 23.9 Å². The Morgan fingerprint density at radius 2 is 2.33 bits per heavy atom. The molecule has 0 aliphatic carbocycles. The average molecular weight is 219 g/mol. The zero-order chi connectivity index (χ0) is 10.5. The van der Waals surface area contributed by atoms with Gasteiger partial charge in [-0.15, -0.1) is 0 Å². The van der Waals surface area contributed by atoms with Crippen LogP contribution >= 0.6 is 11.8 Å². The van der Waals surface area contributed by atoms with Crippen molar-refractivity contribution in [3.63, 3.8) is 0 Å². The molecule has 0 atom stereocenters. The first-order chi connectivity index (χ1) is 7.42. The van der Waals surface area contributed by atoms with Crippen LogP contribution in [-0.4, -0.2) is 29.6 Å². The van der Waals surface area contributed by atoms with Gasteiger partial charge in [-0.3, -0.25) is 0 Å². The van der Waals surface area contributed by atoms with Gasteiger partial charge in [-0.2, -0.15) is 17.0 Å². The molecular weight excluding hydrogens is 206 g/mol. The lowest BCUT2D eigenvalue weighted by Crippen LogP contribution is -2.27. The van der Waals surface area contributed by atoms with Gasteiger partial charge in [0.2, 0.25) is 0 Å². The number of anilines is 1. The maximum atomic E-state index is 9.00. The van der Waals surface area contributed by atoms with E-state index in [-0.39, 0.29) is 0 Å². The normalized spacial score (nSPS) is 16.9. The van der Waals surface area contributed by atoms with Crippen molar-refractivity contribution in [3.8, 4) is 6.07 Å². The minimum Gasteiger partial charge on any atom is -0.355 e. The van der Waals surface area contributed by atoms with E-state index in [1.54, 1.807) is 6.20 Å². The van der Waals surface area contributed by atoms with Crippen LogP contribution in [0.25, 0.3) is 0 Å². The van der Waals surface area contributed by atoms with Crippen LogP contribution in [0, 0.1) is 11.3 Å². The summed E-state index contributed by atoms with van der Waals surface area (Å²) in [7, 11) is 0. The van der Waals surface area contributed by atoms with Crippen molar-refractivity contribution in [1.82, 2.24) is 4.98 Å². The molecule has 0 bridgehead atoms. The second kappa shape index (κ2) is 5.04. The summed E-state index contributed by atoms with van der Waals surface area (Å²) in [6.07, 6.45) is 2.93. The van der Waals surface area contributed by atoms with Gasteiger partial charge in [-0.05, 0) is 24.3 Å². The molecule has 1 aromatic rings. The number of pyridine rings is 1. The molecule has 1 aliphatic rings. The maximum Gasteiger partial charge on any atom is 0.146 e. The Labute approximate surface area is 94.1 Å². The van der Waals surface area contributed by atoms with E-state index < -0.39 is 0 Å². The zero-order valence-electron chi connectivity index (χ0n) is 8.52. The number of thioether (sulfide) groups is 1. The number of nitriles is 1. The summed E-state index contributed by atoms with van der Waals surface area (Å²) in [5.41, 5.74) is 0.685. The minimum absolute atomic E-state index is 0.685. The summed E-state index contributed by atoms with van der Waals surface area (Å²) in [6.45, 7) is 2.01. The van der Waals surface area contributed by atoms with Crippen LogP contribution in [0.15, 0.2) is 18.3 Å². The molecule has 0 saturated carbocycles. The van der Waals surface area contributed by atoms with Gasteiger partial charge in [-0.25, -0.2) is 4.98 Å². The first-order valence-electron chi connectivity index (χ1n) is 5.09. The van der Waals surface area contributed by atoms with Gasteiger partial charge in [0.15, 0.2) is 0 Å². The number of nitrogens with zero attached hydrogens (tertiary/aromatic N) is 3. The van der Waals surface area contributed by atoms with Gasteiger partial charge in [0.1, 0.15) is 11.9 Å². The Bertz CT molecular complexity index is 364. The van der Waals surface area contributed by atoms with Gasteiger partial charge >= 0.3 is 0 Å². The number of rotatable bonds is 1. The van der Waals surface area contributed by atoms with Crippen LogP contribution in [0.4, 0.5) is 5.82 Å². The average Bonchev–Trinajstić information content (AvgIpc) is 2.57. The Morgan fingerprint density at radius 3 is 3.20 bits per heavy atom. The fourth-order valence-electron chi connectivity index (χ4n) is 1.69. The molecule has 1 aromatic heterocycles. The largest absolute Gasteiger partial charge is 0.355 e. The molecule has 4 heteroatoms. The Kier molecular flexibility index (Phi) is 3.46. The summed E-state index contributed by atoms with van der Waals surface area (Å²) in [4.78, 5) is 6.53. The highest BCUT2D eigenvalue weighted by molar-refractivity contribution is 7.99. The molecule has 0 amide bonds. The van der Waals surface area contributed by atoms with Gasteiger partial charge in [0.25, 0.3) is 0 Å². The Hall–Kier alpha value is -1.21. The zero-order valence-corrected chi connectivity index (χ0v) is 9.33. The van der Waals surface area contributed by atoms with Crippen molar-refractivity contribution >= 4 is 17.6 Å². The summed E-state index contributed by atoms with van der Waals surface area (Å²) < 4.78 is 0. The Balaban J connectivity index is 2.23. The molecular formula is C11H13N3S. The van der Waals surface area contributed by atoms with Crippen molar-refractivity contribution in [2.24, 2.45) is 0 Å². The fourth-order valence-corrected chi connectivity index (χ4v) is 2.58. The van der Waals surface area contributed by atoms with E-state index in [2.05, 4.69) is 16.0 Å². The number of hydrogen-bond donors (Lipinski definition) is 0. The highest BCUT2D eigenvalue weighted by Crippen LogP contribution is 2.19. The third-order valence-corrected chi connectivity index (χ3v) is 3.48. The summed E-state index contributed by atoms with van der Waals surface area (Å²) >= 11 is 1.98. The monoisotopic (exact) mass is 219 g/mol. The van der Waals surface area contributed by atoms with Crippen LogP contribution in [0.1, 0.15) is 12.0 Å². The second-order valence-electron chi connectivity index (χ2n) is 3.44. The first kappa shape index (κ1) is 10.3. The van der Waals surface area contributed by atoms with Crippen LogP contribution in [0.5, 0.6) is 0 Å². The highest BCUT2D eigenvalue weighted by atomic mass is 32.2. The van der Waals surface area contributed by atoms with Crippen LogP contribution < -0.4 is 4.90 Å². The third kappa shape index (κ3) is 2.42. The van der Waals surface area contributed by atoms with Gasteiger partial charge in [-0.1, -0.05) is 0 Å². The van der Waals surface area contributed by atoms with Crippen molar-refractivity contribution < 1.29 is 0 Å². The predicted octanol–water partition coefficient (Wildman–Crippen LogP) is 1.90. The summed E-state index contributed by atoms with van der Waals surface area (Å²) in [5, 5.41) is 9.00. The van der Waals surface area contributed by atoms with E-state index in [0.29, 0.717) is 5.56 Å². The molecule has 0 spiro atoms. The molecule has 0 N–H and O–H groups in total. The van der Waals surface area contributed by atoms with E-state index in [0.717, 1.165) is 24.7 Å². The molecule has 15 heavy (non-hydrogen) atoms. The summed E-state index contributed by atoms with van der Waals surface area (Å²) in [6, 6.07) is 5.85. The van der Waals surface area contributed by atoms with E-state index >= 15 is 0 Å². The second-order valence-corrected chi connectivity index (χ2v) is 4.66. The molecule has 0 unspecified atom stereocenters. The van der Waals surface area contributed by atoms with Crippen LogP contribution in [0.2, 0.25) is 0 Å². The third-order valence-electron chi connectivity index (χ3n) is 2.43. The minimum atomic E-state index is 0.685. The number of aromatic nitrogens is 1. The molecule has 1 aliphatic heterocycles. The van der Waals surface area contributed by atoms with Gasteiger partial charge < -0.3 is 4.90 Å². The fraction of sp³-hybridized carbons (Fsp3) is 0.455. The molecule has 3 nitrogen and oxygen atoms in total. The molecule has 2 rings (SSSR count). The van der Waals surface area contributed by atoms with Crippen molar-refractivity contribution in [1.29, 1.82) is 5.26 Å². The van der Waals surface area contributed by atoms with Crippen molar-refractivity contribution in [2.45, 2.75) is 6.42 Å². The van der Waals surface area contributed by atoms with Crippen LogP contribution in [-0.2, 0) is 0 Å². The molecule has 2 heterocycles. The van der Waals surface area contributed by atoms with Crippen molar-refractivity contribution in [3.05, 3.63) is 23.9 Å². The standard InChI is InChI=1S/C11H13N3S/c12-9-10-3-1-4-13-11(10)14-5-2-7-15-8-6-14/h1,3-4H,2,5-8H2. The lowest BCUT2D eigenvalue weighted by atomic mass is 10.2. The van der Waals surface area contributed by atoms with Gasteiger partial charge in [0.05, 0.1) is 5.56 Å². The molecule has 1 saturated heterocycles. The van der Waals surface area contributed by atoms with Gasteiger partial charge in [0, 0.05) is 25.0 Å². The SMILES string of the molecule is N#Cc1cccnc1N1CCCSCC1. The lowest BCUT2D eigenvalue weighted by molar-refractivity contribution is 0.800. The van der Waals surface area contributed by atoms with E-state index in [4.69, 9.17) is 5.26 Å².